The molecule has 3 rings (SSSR count). The molecule has 1 unspecified atom stereocenters. The molecule has 1 aliphatic carbocycles. The SMILES string of the molecule is CCC(C)Oc1ccc(C(=O)NC(=S)Nc2cccc(NC(=O)C3CCCCC3)c2)cc1. The first-order chi connectivity index (χ1) is 15.4. The molecule has 2 amide bonds. The topological polar surface area (TPSA) is 79.5 Å². The van der Waals surface area contributed by atoms with Crippen molar-refractivity contribution >= 4 is 40.5 Å². The van der Waals surface area contributed by atoms with Gasteiger partial charge in [-0.2, -0.15) is 0 Å². The minimum Gasteiger partial charge on any atom is -0.491 e. The van der Waals surface area contributed by atoms with Crippen LogP contribution in [-0.4, -0.2) is 23.0 Å². The maximum atomic E-state index is 12.5. The standard InChI is InChI=1S/C25H31N3O3S/c1-3-17(2)31-22-14-12-19(13-15-22)24(30)28-25(32)27-21-11-7-10-20(16-21)26-23(29)18-8-5-4-6-9-18/h7,10-18H,3-6,8-9H2,1-2H3,(H,26,29)(H2,27,28,30,32). The van der Waals surface area contributed by atoms with Crippen LogP contribution in [0, 0.1) is 5.92 Å². The maximum absolute atomic E-state index is 12.5. The zero-order valence-electron chi connectivity index (χ0n) is 18.6. The van der Waals surface area contributed by atoms with Gasteiger partial charge in [0.15, 0.2) is 5.11 Å². The Morgan fingerprint density at radius 3 is 2.34 bits per heavy atom. The van der Waals surface area contributed by atoms with Crippen molar-refractivity contribution in [2.45, 2.75) is 58.5 Å². The predicted molar refractivity (Wildman–Crippen MR) is 132 cm³/mol. The van der Waals surface area contributed by atoms with E-state index in [9.17, 15) is 9.59 Å². The average molecular weight is 454 g/mol. The van der Waals surface area contributed by atoms with Crippen molar-refractivity contribution < 1.29 is 14.3 Å². The molecular weight excluding hydrogens is 422 g/mol. The Balaban J connectivity index is 1.52. The highest BCUT2D eigenvalue weighted by atomic mass is 32.1. The summed E-state index contributed by atoms with van der Waals surface area (Å²) in [5, 5.41) is 8.86. The van der Waals surface area contributed by atoms with Crippen molar-refractivity contribution in [2.75, 3.05) is 10.6 Å². The van der Waals surface area contributed by atoms with E-state index in [0.29, 0.717) is 16.9 Å². The van der Waals surface area contributed by atoms with Crippen LogP contribution < -0.4 is 20.7 Å². The van der Waals surface area contributed by atoms with Crippen molar-refractivity contribution in [1.29, 1.82) is 0 Å². The Morgan fingerprint density at radius 1 is 1.03 bits per heavy atom. The molecule has 1 aliphatic rings. The number of thiocarbonyl (C=S) groups is 1. The molecule has 32 heavy (non-hydrogen) atoms. The highest BCUT2D eigenvalue weighted by molar-refractivity contribution is 7.80. The fourth-order valence-corrected chi connectivity index (χ4v) is 3.83. The second-order valence-corrected chi connectivity index (χ2v) is 8.58. The summed E-state index contributed by atoms with van der Waals surface area (Å²) in [5.41, 5.74) is 1.88. The maximum Gasteiger partial charge on any atom is 0.257 e. The Morgan fingerprint density at radius 2 is 1.69 bits per heavy atom. The average Bonchev–Trinajstić information content (AvgIpc) is 2.80. The van der Waals surface area contributed by atoms with E-state index in [4.69, 9.17) is 17.0 Å². The zero-order chi connectivity index (χ0) is 22.9. The molecule has 1 saturated carbocycles. The van der Waals surface area contributed by atoms with Crippen molar-refractivity contribution in [3.05, 3.63) is 54.1 Å². The van der Waals surface area contributed by atoms with Crippen LogP contribution >= 0.6 is 12.2 Å². The lowest BCUT2D eigenvalue weighted by Crippen LogP contribution is -2.34. The quantitative estimate of drug-likeness (QED) is 0.482. The molecule has 2 aromatic carbocycles. The van der Waals surface area contributed by atoms with E-state index in [0.717, 1.165) is 37.9 Å². The van der Waals surface area contributed by atoms with Gasteiger partial charge in [-0.05, 0) is 80.9 Å². The number of anilines is 2. The number of carbonyl (C=O) groups excluding carboxylic acids is 2. The summed E-state index contributed by atoms with van der Waals surface area (Å²) in [4.78, 5) is 25.0. The predicted octanol–water partition coefficient (Wildman–Crippen LogP) is 5.51. The van der Waals surface area contributed by atoms with Crippen molar-refractivity contribution in [1.82, 2.24) is 5.32 Å². The minimum absolute atomic E-state index is 0.0680. The Kier molecular flexibility index (Phi) is 8.62. The lowest BCUT2D eigenvalue weighted by Gasteiger charge is -2.21. The summed E-state index contributed by atoms with van der Waals surface area (Å²) in [6.45, 7) is 4.06. The summed E-state index contributed by atoms with van der Waals surface area (Å²) in [7, 11) is 0. The number of hydrogen-bond donors (Lipinski definition) is 3. The molecule has 2 aromatic rings. The van der Waals surface area contributed by atoms with Gasteiger partial charge in [-0.1, -0.05) is 32.3 Å². The largest absolute Gasteiger partial charge is 0.491 e. The smallest absolute Gasteiger partial charge is 0.257 e. The molecule has 1 atom stereocenters. The van der Waals surface area contributed by atoms with Crippen LogP contribution in [-0.2, 0) is 4.79 Å². The number of amides is 2. The second-order valence-electron chi connectivity index (χ2n) is 8.17. The molecule has 0 aliphatic heterocycles. The monoisotopic (exact) mass is 453 g/mol. The second kappa shape index (κ2) is 11.6. The molecular formula is C25H31N3O3S. The molecule has 1 fully saturated rings. The van der Waals surface area contributed by atoms with E-state index in [1.165, 1.54) is 6.42 Å². The number of carbonyl (C=O) groups is 2. The van der Waals surface area contributed by atoms with E-state index in [1.807, 2.05) is 25.1 Å². The third-order valence-electron chi connectivity index (χ3n) is 5.62. The van der Waals surface area contributed by atoms with E-state index in [1.54, 1.807) is 30.3 Å². The van der Waals surface area contributed by atoms with Gasteiger partial charge in [-0.25, -0.2) is 0 Å². The lowest BCUT2D eigenvalue weighted by atomic mass is 9.88. The summed E-state index contributed by atoms with van der Waals surface area (Å²) >= 11 is 5.29. The van der Waals surface area contributed by atoms with Gasteiger partial charge in [0.25, 0.3) is 5.91 Å². The third kappa shape index (κ3) is 7.05. The molecule has 0 spiro atoms. The molecule has 0 radical (unpaired) electrons. The minimum atomic E-state index is -0.306. The van der Waals surface area contributed by atoms with E-state index < -0.39 is 0 Å². The lowest BCUT2D eigenvalue weighted by molar-refractivity contribution is -0.120. The third-order valence-corrected chi connectivity index (χ3v) is 5.82. The van der Waals surface area contributed by atoms with Crippen LogP contribution in [0.25, 0.3) is 0 Å². The number of hydrogen-bond acceptors (Lipinski definition) is 4. The molecule has 0 saturated heterocycles. The first-order valence-corrected chi connectivity index (χ1v) is 11.7. The van der Waals surface area contributed by atoms with Gasteiger partial charge in [0, 0.05) is 22.9 Å². The number of nitrogens with one attached hydrogen (secondary N) is 3. The highest BCUT2D eigenvalue weighted by Gasteiger charge is 2.21. The fraction of sp³-hybridized carbons (Fsp3) is 0.400. The van der Waals surface area contributed by atoms with Crippen molar-refractivity contribution in [2.24, 2.45) is 5.92 Å². The van der Waals surface area contributed by atoms with Crippen LogP contribution in [0.5, 0.6) is 5.75 Å². The molecule has 0 heterocycles. The van der Waals surface area contributed by atoms with Crippen LogP contribution in [0.1, 0.15) is 62.7 Å². The van der Waals surface area contributed by atoms with Gasteiger partial charge in [0.2, 0.25) is 5.91 Å². The van der Waals surface area contributed by atoms with Crippen LogP contribution in [0.4, 0.5) is 11.4 Å². The molecule has 170 valence electrons. The van der Waals surface area contributed by atoms with Crippen LogP contribution in [0.2, 0.25) is 0 Å². The number of ether oxygens (including phenoxy) is 1. The fourth-order valence-electron chi connectivity index (χ4n) is 3.62. The van der Waals surface area contributed by atoms with Gasteiger partial charge >= 0.3 is 0 Å². The van der Waals surface area contributed by atoms with E-state index >= 15 is 0 Å². The van der Waals surface area contributed by atoms with Gasteiger partial charge in [0.05, 0.1) is 6.10 Å². The van der Waals surface area contributed by atoms with E-state index in [2.05, 4.69) is 22.9 Å². The van der Waals surface area contributed by atoms with Gasteiger partial charge in [-0.3, -0.25) is 14.9 Å². The van der Waals surface area contributed by atoms with Gasteiger partial charge in [-0.15, -0.1) is 0 Å². The first kappa shape index (κ1) is 23.7. The summed E-state index contributed by atoms with van der Waals surface area (Å²) in [6, 6.07) is 14.3. The Labute approximate surface area is 195 Å². The summed E-state index contributed by atoms with van der Waals surface area (Å²) in [5.74, 6) is 0.573. The molecule has 3 N–H and O–H groups in total. The van der Waals surface area contributed by atoms with Crippen LogP contribution in [0.15, 0.2) is 48.5 Å². The van der Waals surface area contributed by atoms with E-state index in [-0.39, 0.29) is 28.9 Å². The first-order valence-electron chi connectivity index (χ1n) is 11.2. The molecule has 0 aromatic heterocycles. The summed E-state index contributed by atoms with van der Waals surface area (Å²) < 4.78 is 5.74. The van der Waals surface area contributed by atoms with Crippen molar-refractivity contribution in [3.8, 4) is 5.75 Å². The van der Waals surface area contributed by atoms with Gasteiger partial charge < -0.3 is 15.4 Å². The molecule has 7 heteroatoms. The molecule has 0 bridgehead atoms. The zero-order valence-corrected chi connectivity index (χ0v) is 19.5. The number of rotatable bonds is 7. The van der Waals surface area contributed by atoms with Crippen LogP contribution in [0.3, 0.4) is 0 Å². The Bertz CT molecular complexity index is 940. The van der Waals surface area contributed by atoms with Gasteiger partial charge in [0.1, 0.15) is 5.75 Å². The molecule has 6 nitrogen and oxygen atoms in total. The Hall–Kier alpha value is -2.93. The normalized spacial score (nSPS) is 14.8. The highest BCUT2D eigenvalue weighted by Crippen LogP contribution is 2.25. The summed E-state index contributed by atoms with van der Waals surface area (Å²) in [6.07, 6.45) is 6.36. The number of benzene rings is 2. The van der Waals surface area contributed by atoms with Crippen molar-refractivity contribution in [3.63, 3.8) is 0 Å².